The predicted octanol–water partition coefficient (Wildman–Crippen LogP) is 1.54. The van der Waals surface area contributed by atoms with Crippen LogP contribution >= 0.6 is 0 Å². The van der Waals surface area contributed by atoms with Crippen LogP contribution in [0.2, 0.25) is 0 Å². The normalized spacial score (nSPS) is 20.2. The van der Waals surface area contributed by atoms with Gasteiger partial charge in [-0.25, -0.2) is 4.79 Å². The van der Waals surface area contributed by atoms with E-state index in [0.717, 1.165) is 19.0 Å². The Morgan fingerprint density at radius 3 is 2.69 bits per heavy atom. The molecule has 0 saturated carbocycles. The molecule has 1 aliphatic rings. The third kappa shape index (κ3) is 3.72. The number of hydrogen-bond acceptors (Lipinski definition) is 3. The highest BCUT2D eigenvalue weighted by molar-refractivity contribution is 5.68. The Balaban J connectivity index is 2.12. The van der Waals surface area contributed by atoms with E-state index in [1.165, 1.54) is 12.8 Å². The van der Waals surface area contributed by atoms with Crippen molar-refractivity contribution >= 4 is 5.97 Å². The van der Waals surface area contributed by atoms with Gasteiger partial charge in [0, 0.05) is 11.1 Å². The Morgan fingerprint density at radius 2 is 2.15 bits per heavy atom. The van der Waals surface area contributed by atoms with Gasteiger partial charge < -0.3 is 4.90 Å². The Labute approximate surface area is 77.8 Å². The smallest absolute Gasteiger partial charge is 0.303 e. The molecule has 1 aliphatic heterocycles. The molecule has 0 spiro atoms. The van der Waals surface area contributed by atoms with Crippen molar-refractivity contribution in [2.45, 2.75) is 26.2 Å². The van der Waals surface area contributed by atoms with Gasteiger partial charge >= 0.3 is 5.97 Å². The van der Waals surface area contributed by atoms with Crippen molar-refractivity contribution in [1.82, 2.24) is 4.90 Å². The van der Waals surface area contributed by atoms with Crippen molar-refractivity contribution < 1.29 is 14.3 Å². The Morgan fingerprint density at radius 1 is 1.54 bits per heavy atom. The van der Waals surface area contributed by atoms with Gasteiger partial charge in [0.05, 0.1) is 6.42 Å². The largest absolute Gasteiger partial charge is 0.350 e. The van der Waals surface area contributed by atoms with Gasteiger partial charge in [0.25, 0.3) is 0 Å². The molecular formula is C9H16FNO2. The van der Waals surface area contributed by atoms with Gasteiger partial charge in [-0.15, -0.1) is 0 Å². The number of carbonyl (C=O) groups is 1. The van der Waals surface area contributed by atoms with Crippen LogP contribution in [0.15, 0.2) is 0 Å². The summed E-state index contributed by atoms with van der Waals surface area (Å²) in [6, 6.07) is 0. The summed E-state index contributed by atoms with van der Waals surface area (Å²) in [4.78, 5) is 15.8. The maximum atomic E-state index is 11.3. The van der Waals surface area contributed by atoms with Gasteiger partial charge in [-0.05, 0) is 31.8 Å². The molecule has 4 heteroatoms. The summed E-state index contributed by atoms with van der Waals surface area (Å²) < 4.78 is 11.3. The first-order valence-electron chi connectivity index (χ1n) is 4.76. The van der Waals surface area contributed by atoms with Crippen LogP contribution in [-0.4, -0.2) is 30.5 Å². The zero-order valence-electron chi connectivity index (χ0n) is 7.96. The van der Waals surface area contributed by atoms with Gasteiger partial charge in [-0.3, -0.25) is 4.94 Å². The van der Waals surface area contributed by atoms with Crippen molar-refractivity contribution in [2.75, 3.05) is 19.6 Å². The van der Waals surface area contributed by atoms with E-state index in [1.807, 2.05) is 0 Å². The molecule has 76 valence electrons. The van der Waals surface area contributed by atoms with Crippen LogP contribution in [0, 0.1) is 5.92 Å². The van der Waals surface area contributed by atoms with E-state index in [-0.39, 0.29) is 6.42 Å². The van der Waals surface area contributed by atoms with Gasteiger partial charge in [0.15, 0.2) is 0 Å². The lowest BCUT2D eigenvalue weighted by molar-refractivity contribution is -0.184. The number of piperidine rings is 1. The fraction of sp³-hybridized carbons (Fsp3) is 0.889. The summed E-state index contributed by atoms with van der Waals surface area (Å²) in [5, 5.41) is 0. The molecule has 0 unspecified atom stereocenters. The molecule has 0 amide bonds. The minimum atomic E-state index is -0.765. The molecule has 13 heavy (non-hydrogen) atoms. The molecule has 0 N–H and O–H groups in total. The van der Waals surface area contributed by atoms with Gasteiger partial charge in [-0.1, -0.05) is 6.92 Å². The molecule has 1 fully saturated rings. The van der Waals surface area contributed by atoms with Crippen LogP contribution in [0.5, 0.6) is 0 Å². The molecule has 1 heterocycles. The minimum Gasteiger partial charge on any atom is -0.303 e. The number of halogens is 1. The zero-order valence-corrected chi connectivity index (χ0v) is 7.96. The van der Waals surface area contributed by atoms with E-state index in [1.54, 1.807) is 0 Å². The first-order chi connectivity index (χ1) is 6.22. The average Bonchev–Trinajstić information content (AvgIpc) is 2.16. The van der Waals surface area contributed by atoms with Gasteiger partial charge in [-0.2, -0.15) is 0 Å². The van der Waals surface area contributed by atoms with Gasteiger partial charge in [0.2, 0.25) is 0 Å². The van der Waals surface area contributed by atoms with E-state index in [4.69, 9.17) is 0 Å². The third-order valence-electron chi connectivity index (χ3n) is 2.59. The van der Waals surface area contributed by atoms with Crippen LogP contribution in [0.3, 0.4) is 0 Å². The topological polar surface area (TPSA) is 29.5 Å². The summed E-state index contributed by atoms with van der Waals surface area (Å²) >= 11 is 0. The fourth-order valence-electron chi connectivity index (χ4n) is 1.57. The van der Waals surface area contributed by atoms with E-state index < -0.39 is 5.97 Å². The third-order valence-corrected chi connectivity index (χ3v) is 2.59. The van der Waals surface area contributed by atoms with E-state index in [9.17, 15) is 9.32 Å². The SMILES string of the molecule is CC1CCN(CCC(=O)OF)CC1. The monoisotopic (exact) mass is 189 g/mol. The molecule has 3 nitrogen and oxygen atoms in total. The molecule has 0 bridgehead atoms. The lowest BCUT2D eigenvalue weighted by Gasteiger charge is -2.29. The summed E-state index contributed by atoms with van der Waals surface area (Å²) in [7, 11) is 0. The molecule has 0 atom stereocenters. The lowest BCUT2D eigenvalue weighted by atomic mass is 9.99. The zero-order chi connectivity index (χ0) is 9.68. The molecular weight excluding hydrogens is 173 g/mol. The number of nitrogens with zero attached hydrogens (tertiary/aromatic N) is 1. The quantitative estimate of drug-likeness (QED) is 0.674. The van der Waals surface area contributed by atoms with Crippen molar-refractivity contribution in [3.8, 4) is 0 Å². The predicted molar refractivity (Wildman–Crippen MR) is 46.7 cm³/mol. The van der Waals surface area contributed by atoms with Crippen LogP contribution in [0.4, 0.5) is 4.53 Å². The molecule has 0 radical (unpaired) electrons. The number of carbonyl (C=O) groups excluding carboxylic acids is 1. The van der Waals surface area contributed by atoms with Crippen LogP contribution in [-0.2, 0) is 9.74 Å². The van der Waals surface area contributed by atoms with E-state index in [2.05, 4.69) is 16.8 Å². The average molecular weight is 189 g/mol. The van der Waals surface area contributed by atoms with E-state index in [0.29, 0.717) is 6.54 Å². The Kier molecular flexibility index (Phi) is 4.15. The summed E-state index contributed by atoms with van der Waals surface area (Å²) in [5.41, 5.74) is 0. The Bertz CT molecular complexity index is 167. The molecule has 0 aromatic carbocycles. The van der Waals surface area contributed by atoms with Crippen LogP contribution in [0.1, 0.15) is 26.2 Å². The first-order valence-corrected chi connectivity index (χ1v) is 4.76. The summed E-state index contributed by atoms with van der Waals surface area (Å²) in [6.07, 6.45) is 2.50. The molecule has 1 saturated heterocycles. The highest BCUT2D eigenvalue weighted by atomic mass is 19.3. The number of hydrogen-bond donors (Lipinski definition) is 0. The molecule has 0 aromatic heterocycles. The second-order valence-electron chi connectivity index (χ2n) is 3.72. The molecule has 0 aliphatic carbocycles. The molecule has 0 aromatic rings. The first kappa shape index (κ1) is 10.4. The van der Waals surface area contributed by atoms with Gasteiger partial charge in [0.1, 0.15) is 0 Å². The second kappa shape index (κ2) is 5.17. The minimum absolute atomic E-state index is 0.158. The Hall–Kier alpha value is -0.640. The van der Waals surface area contributed by atoms with Crippen molar-refractivity contribution in [3.63, 3.8) is 0 Å². The highest BCUT2D eigenvalue weighted by Crippen LogP contribution is 2.15. The van der Waals surface area contributed by atoms with E-state index >= 15 is 0 Å². The maximum Gasteiger partial charge on any atom is 0.350 e. The van der Waals surface area contributed by atoms with Crippen molar-refractivity contribution in [3.05, 3.63) is 0 Å². The van der Waals surface area contributed by atoms with Crippen LogP contribution in [0.25, 0.3) is 0 Å². The molecule has 1 rings (SSSR count). The van der Waals surface area contributed by atoms with Crippen LogP contribution < -0.4 is 0 Å². The lowest BCUT2D eigenvalue weighted by Crippen LogP contribution is -2.34. The highest BCUT2D eigenvalue weighted by Gasteiger charge is 2.16. The maximum absolute atomic E-state index is 11.3. The number of likely N-dealkylation sites (tertiary alicyclic amines) is 1. The van der Waals surface area contributed by atoms with Crippen molar-refractivity contribution in [2.24, 2.45) is 5.92 Å². The fourth-order valence-corrected chi connectivity index (χ4v) is 1.57. The summed E-state index contributed by atoms with van der Waals surface area (Å²) in [5.74, 6) is 0.0167. The summed E-state index contributed by atoms with van der Waals surface area (Å²) in [6.45, 7) is 4.88. The second-order valence-corrected chi connectivity index (χ2v) is 3.72. The van der Waals surface area contributed by atoms with Crippen molar-refractivity contribution in [1.29, 1.82) is 0 Å². The standard InChI is InChI=1S/C9H16FNO2/c1-8-2-5-11(6-3-8)7-4-9(12)13-10/h8H,2-7H2,1H3. The number of rotatable bonds is 3.